The van der Waals surface area contributed by atoms with Crippen LogP contribution in [0.5, 0.6) is 5.75 Å². The van der Waals surface area contributed by atoms with Crippen LogP contribution in [0.15, 0.2) is 48.5 Å². The second kappa shape index (κ2) is 9.05. The van der Waals surface area contributed by atoms with Gasteiger partial charge in [0.05, 0.1) is 17.4 Å². The van der Waals surface area contributed by atoms with Crippen molar-refractivity contribution in [3.63, 3.8) is 0 Å². The van der Waals surface area contributed by atoms with E-state index in [9.17, 15) is 14.0 Å². The number of ether oxygens (including phenoxy) is 2. The molecular formula is C22H25FN2O4. The summed E-state index contributed by atoms with van der Waals surface area (Å²) in [6.45, 7) is 4.36. The number of anilines is 1. The lowest BCUT2D eigenvalue weighted by Gasteiger charge is -2.26. The van der Waals surface area contributed by atoms with Crippen LogP contribution >= 0.6 is 0 Å². The van der Waals surface area contributed by atoms with Crippen LogP contribution in [-0.4, -0.2) is 36.7 Å². The summed E-state index contributed by atoms with van der Waals surface area (Å²) >= 11 is 0. The van der Waals surface area contributed by atoms with Crippen molar-refractivity contribution in [2.75, 3.05) is 18.5 Å². The SMILES string of the molecule is CC(C)(Oc1ccc(F)cc1)C(=O)Nc1ccccc1C(=O)NCC1CCCO1. The third-order valence-corrected chi connectivity index (χ3v) is 4.67. The first kappa shape index (κ1) is 20.8. The number of carbonyl (C=O) groups excluding carboxylic acids is 2. The lowest BCUT2D eigenvalue weighted by molar-refractivity contribution is -0.128. The minimum absolute atomic E-state index is 0.0312. The molecule has 1 aliphatic heterocycles. The molecule has 1 atom stereocenters. The van der Waals surface area contributed by atoms with Crippen LogP contribution in [0.25, 0.3) is 0 Å². The molecule has 1 heterocycles. The van der Waals surface area contributed by atoms with Crippen LogP contribution in [0.2, 0.25) is 0 Å². The molecule has 1 aliphatic rings. The van der Waals surface area contributed by atoms with Gasteiger partial charge in [0.25, 0.3) is 11.8 Å². The third-order valence-electron chi connectivity index (χ3n) is 4.67. The fourth-order valence-corrected chi connectivity index (χ4v) is 3.01. The highest BCUT2D eigenvalue weighted by molar-refractivity contribution is 6.05. The molecule has 1 fully saturated rings. The van der Waals surface area contributed by atoms with Gasteiger partial charge in [0, 0.05) is 13.2 Å². The summed E-state index contributed by atoms with van der Waals surface area (Å²) in [7, 11) is 0. The first-order valence-corrected chi connectivity index (χ1v) is 9.60. The number of para-hydroxylation sites is 1. The van der Waals surface area contributed by atoms with E-state index in [0.717, 1.165) is 19.4 Å². The number of halogens is 1. The molecule has 0 spiro atoms. The average Bonchev–Trinajstić information content (AvgIpc) is 3.22. The molecular weight excluding hydrogens is 375 g/mol. The first-order valence-electron chi connectivity index (χ1n) is 9.60. The van der Waals surface area contributed by atoms with Gasteiger partial charge in [-0.15, -0.1) is 0 Å². The van der Waals surface area contributed by atoms with Crippen molar-refractivity contribution in [2.45, 2.75) is 38.4 Å². The van der Waals surface area contributed by atoms with Crippen molar-refractivity contribution in [2.24, 2.45) is 0 Å². The van der Waals surface area contributed by atoms with Gasteiger partial charge in [0.1, 0.15) is 11.6 Å². The largest absolute Gasteiger partial charge is 0.478 e. The van der Waals surface area contributed by atoms with Crippen LogP contribution in [0.4, 0.5) is 10.1 Å². The van der Waals surface area contributed by atoms with Crippen molar-refractivity contribution < 1.29 is 23.5 Å². The summed E-state index contributed by atoms with van der Waals surface area (Å²) in [6, 6.07) is 12.2. The summed E-state index contributed by atoms with van der Waals surface area (Å²) in [6.07, 6.45) is 1.95. The van der Waals surface area contributed by atoms with Crippen molar-refractivity contribution in [1.82, 2.24) is 5.32 Å². The summed E-state index contributed by atoms with van der Waals surface area (Å²) in [4.78, 5) is 25.4. The molecule has 7 heteroatoms. The molecule has 1 saturated heterocycles. The lowest BCUT2D eigenvalue weighted by Crippen LogP contribution is -2.43. The molecule has 2 N–H and O–H groups in total. The van der Waals surface area contributed by atoms with E-state index in [1.54, 1.807) is 38.1 Å². The fourth-order valence-electron chi connectivity index (χ4n) is 3.01. The van der Waals surface area contributed by atoms with Gasteiger partial charge in [-0.05, 0) is 63.1 Å². The van der Waals surface area contributed by atoms with Gasteiger partial charge in [-0.1, -0.05) is 12.1 Å². The molecule has 6 nitrogen and oxygen atoms in total. The Morgan fingerprint density at radius 2 is 1.90 bits per heavy atom. The van der Waals surface area contributed by atoms with Gasteiger partial charge in [-0.3, -0.25) is 9.59 Å². The Kier molecular flexibility index (Phi) is 6.49. The molecule has 0 bridgehead atoms. The second-order valence-corrected chi connectivity index (χ2v) is 7.41. The highest BCUT2D eigenvalue weighted by Gasteiger charge is 2.31. The monoisotopic (exact) mass is 400 g/mol. The van der Waals surface area contributed by atoms with Crippen LogP contribution < -0.4 is 15.4 Å². The molecule has 0 saturated carbocycles. The molecule has 0 aliphatic carbocycles. The van der Waals surface area contributed by atoms with E-state index in [1.165, 1.54) is 24.3 Å². The average molecular weight is 400 g/mol. The Labute approximate surface area is 169 Å². The van der Waals surface area contributed by atoms with Gasteiger partial charge in [-0.2, -0.15) is 0 Å². The molecule has 0 radical (unpaired) electrons. The van der Waals surface area contributed by atoms with Crippen LogP contribution in [0.1, 0.15) is 37.0 Å². The van der Waals surface area contributed by atoms with Crippen molar-refractivity contribution in [3.05, 3.63) is 59.9 Å². The quantitative estimate of drug-likeness (QED) is 0.746. The Hall–Kier alpha value is -2.93. The normalized spacial score (nSPS) is 16.3. The molecule has 2 aromatic rings. The number of hydrogen-bond acceptors (Lipinski definition) is 4. The van der Waals surface area contributed by atoms with Gasteiger partial charge in [0.2, 0.25) is 0 Å². The van der Waals surface area contributed by atoms with Crippen molar-refractivity contribution in [1.29, 1.82) is 0 Å². The summed E-state index contributed by atoms with van der Waals surface area (Å²) in [5.74, 6) is -0.730. The van der Waals surface area contributed by atoms with E-state index in [-0.39, 0.29) is 17.8 Å². The third kappa shape index (κ3) is 5.54. The lowest BCUT2D eigenvalue weighted by atomic mass is 10.1. The van der Waals surface area contributed by atoms with E-state index >= 15 is 0 Å². The standard InChI is InChI=1S/C22H25FN2O4/c1-22(2,29-16-11-9-15(23)10-12-16)21(27)25-19-8-4-3-7-18(19)20(26)24-14-17-6-5-13-28-17/h3-4,7-12,17H,5-6,13-14H2,1-2H3,(H,24,26)(H,25,27). The maximum atomic E-state index is 13.1. The summed E-state index contributed by atoms with van der Waals surface area (Å²) in [5.41, 5.74) is -0.492. The molecule has 0 aromatic heterocycles. The Bertz CT molecular complexity index is 861. The number of rotatable bonds is 7. The smallest absolute Gasteiger partial charge is 0.267 e. The fraction of sp³-hybridized carbons (Fsp3) is 0.364. The van der Waals surface area contributed by atoms with Crippen LogP contribution in [0, 0.1) is 5.82 Å². The van der Waals surface area contributed by atoms with E-state index in [1.807, 2.05) is 0 Å². The first-order chi connectivity index (χ1) is 13.8. The van der Waals surface area contributed by atoms with Crippen molar-refractivity contribution >= 4 is 17.5 Å². The highest BCUT2D eigenvalue weighted by atomic mass is 19.1. The van der Waals surface area contributed by atoms with Crippen molar-refractivity contribution in [3.8, 4) is 5.75 Å². The molecule has 3 rings (SSSR count). The summed E-state index contributed by atoms with van der Waals surface area (Å²) in [5, 5.41) is 5.62. The molecule has 29 heavy (non-hydrogen) atoms. The van der Waals surface area contributed by atoms with Crippen LogP contribution in [-0.2, 0) is 9.53 Å². The topological polar surface area (TPSA) is 76.7 Å². The molecule has 2 aromatic carbocycles. The predicted molar refractivity (Wildman–Crippen MR) is 107 cm³/mol. The predicted octanol–water partition coefficient (Wildman–Crippen LogP) is 3.53. The van der Waals surface area contributed by atoms with Gasteiger partial charge < -0.3 is 20.1 Å². The van der Waals surface area contributed by atoms with Gasteiger partial charge in [0.15, 0.2) is 5.60 Å². The minimum Gasteiger partial charge on any atom is -0.478 e. The Morgan fingerprint density at radius 3 is 2.59 bits per heavy atom. The maximum Gasteiger partial charge on any atom is 0.267 e. The summed E-state index contributed by atoms with van der Waals surface area (Å²) < 4.78 is 24.3. The molecule has 1 unspecified atom stereocenters. The zero-order chi connectivity index (χ0) is 20.9. The number of amides is 2. The zero-order valence-corrected chi connectivity index (χ0v) is 16.5. The number of nitrogens with one attached hydrogen (secondary N) is 2. The van der Waals surface area contributed by atoms with E-state index in [0.29, 0.717) is 23.5 Å². The Balaban J connectivity index is 1.66. The molecule has 2 amide bonds. The van der Waals surface area contributed by atoms with E-state index in [4.69, 9.17) is 9.47 Å². The minimum atomic E-state index is -1.24. The number of benzene rings is 2. The van der Waals surface area contributed by atoms with Crippen LogP contribution in [0.3, 0.4) is 0 Å². The number of hydrogen-bond donors (Lipinski definition) is 2. The van der Waals surface area contributed by atoms with Gasteiger partial charge >= 0.3 is 0 Å². The van der Waals surface area contributed by atoms with E-state index in [2.05, 4.69) is 10.6 Å². The zero-order valence-electron chi connectivity index (χ0n) is 16.5. The maximum absolute atomic E-state index is 13.1. The van der Waals surface area contributed by atoms with Gasteiger partial charge in [-0.25, -0.2) is 4.39 Å². The number of carbonyl (C=O) groups is 2. The van der Waals surface area contributed by atoms with E-state index < -0.39 is 11.5 Å². The second-order valence-electron chi connectivity index (χ2n) is 7.41. The Morgan fingerprint density at radius 1 is 1.17 bits per heavy atom. The highest BCUT2D eigenvalue weighted by Crippen LogP contribution is 2.22. The molecule has 154 valence electrons.